The van der Waals surface area contributed by atoms with E-state index in [1.807, 2.05) is 31.1 Å². The van der Waals surface area contributed by atoms with Crippen molar-refractivity contribution in [2.75, 3.05) is 33.7 Å². The first-order valence-corrected chi connectivity index (χ1v) is 8.38. The van der Waals surface area contributed by atoms with Crippen molar-refractivity contribution < 1.29 is 8.42 Å². The van der Waals surface area contributed by atoms with E-state index in [0.29, 0.717) is 18.0 Å². The Labute approximate surface area is 122 Å². The maximum atomic E-state index is 12.0. The van der Waals surface area contributed by atoms with Crippen LogP contribution in [0, 0.1) is 0 Å². The average Bonchev–Trinajstić information content (AvgIpc) is 2.39. The SMILES string of the molecule is CCCNCc1ccc(S(=O)(=O)NCCN(C)C)cc1. The van der Waals surface area contributed by atoms with Crippen molar-refractivity contribution >= 4 is 10.0 Å². The van der Waals surface area contributed by atoms with Gasteiger partial charge in [-0.15, -0.1) is 0 Å². The Morgan fingerprint density at radius 3 is 2.30 bits per heavy atom. The van der Waals surface area contributed by atoms with Crippen LogP contribution in [0.25, 0.3) is 0 Å². The molecule has 0 saturated carbocycles. The Kier molecular flexibility index (Phi) is 7.15. The van der Waals surface area contributed by atoms with Crippen LogP contribution in [-0.2, 0) is 16.6 Å². The molecule has 0 unspecified atom stereocenters. The van der Waals surface area contributed by atoms with E-state index in [1.165, 1.54) is 0 Å². The summed E-state index contributed by atoms with van der Waals surface area (Å²) in [6.45, 7) is 4.93. The van der Waals surface area contributed by atoms with Gasteiger partial charge in [0.25, 0.3) is 0 Å². The van der Waals surface area contributed by atoms with E-state index < -0.39 is 10.0 Å². The largest absolute Gasteiger partial charge is 0.313 e. The van der Waals surface area contributed by atoms with Gasteiger partial charge >= 0.3 is 0 Å². The predicted molar refractivity (Wildman–Crippen MR) is 82.2 cm³/mol. The van der Waals surface area contributed by atoms with Gasteiger partial charge in [-0.2, -0.15) is 0 Å². The second-order valence-electron chi connectivity index (χ2n) is 5.02. The average molecular weight is 299 g/mol. The van der Waals surface area contributed by atoms with Crippen LogP contribution in [0.3, 0.4) is 0 Å². The first-order chi connectivity index (χ1) is 9.45. The highest BCUT2D eigenvalue weighted by Gasteiger charge is 2.12. The number of nitrogens with one attached hydrogen (secondary N) is 2. The third-order valence-electron chi connectivity index (χ3n) is 2.84. The highest BCUT2D eigenvalue weighted by molar-refractivity contribution is 7.89. The lowest BCUT2D eigenvalue weighted by Crippen LogP contribution is -2.31. The van der Waals surface area contributed by atoms with Crippen LogP contribution in [0.1, 0.15) is 18.9 Å². The van der Waals surface area contributed by atoms with Gasteiger partial charge in [-0.25, -0.2) is 13.1 Å². The molecule has 1 aromatic carbocycles. The Balaban J connectivity index is 2.57. The molecule has 2 N–H and O–H groups in total. The molecular weight excluding hydrogens is 274 g/mol. The van der Waals surface area contributed by atoms with Gasteiger partial charge in [-0.3, -0.25) is 0 Å². The molecule has 1 aromatic rings. The molecule has 0 atom stereocenters. The smallest absolute Gasteiger partial charge is 0.240 e. The van der Waals surface area contributed by atoms with Crippen LogP contribution >= 0.6 is 0 Å². The lowest BCUT2D eigenvalue weighted by Gasteiger charge is -2.11. The van der Waals surface area contributed by atoms with Crippen molar-refractivity contribution in [2.45, 2.75) is 24.8 Å². The Hall–Kier alpha value is -0.950. The molecule has 0 aliphatic carbocycles. The van der Waals surface area contributed by atoms with Gasteiger partial charge < -0.3 is 10.2 Å². The third kappa shape index (κ3) is 6.00. The van der Waals surface area contributed by atoms with E-state index in [9.17, 15) is 8.42 Å². The van der Waals surface area contributed by atoms with Crippen molar-refractivity contribution in [2.24, 2.45) is 0 Å². The number of hydrogen-bond acceptors (Lipinski definition) is 4. The van der Waals surface area contributed by atoms with Gasteiger partial charge in [-0.1, -0.05) is 19.1 Å². The van der Waals surface area contributed by atoms with E-state index in [4.69, 9.17) is 0 Å². The molecule has 6 heteroatoms. The van der Waals surface area contributed by atoms with Gasteiger partial charge in [0, 0.05) is 19.6 Å². The first-order valence-electron chi connectivity index (χ1n) is 6.89. The van der Waals surface area contributed by atoms with Gasteiger partial charge in [0.05, 0.1) is 4.90 Å². The molecule has 0 saturated heterocycles. The number of rotatable bonds is 9. The fraction of sp³-hybridized carbons (Fsp3) is 0.571. The molecule has 0 fully saturated rings. The van der Waals surface area contributed by atoms with Crippen molar-refractivity contribution in [1.82, 2.24) is 14.9 Å². The molecular formula is C14H25N3O2S. The topological polar surface area (TPSA) is 61.4 Å². The zero-order chi connectivity index (χ0) is 15.0. The fourth-order valence-electron chi connectivity index (χ4n) is 1.68. The van der Waals surface area contributed by atoms with Crippen LogP contribution in [0.15, 0.2) is 29.2 Å². The summed E-state index contributed by atoms with van der Waals surface area (Å²) in [5.41, 5.74) is 1.09. The third-order valence-corrected chi connectivity index (χ3v) is 4.32. The number of hydrogen-bond donors (Lipinski definition) is 2. The molecule has 0 aliphatic rings. The molecule has 114 valence electrons. The molecule has 0 bridgehead atoms. The van der Waals surface area contributed by atoms with Crippen molar-refractivity contribution in [3.8, 4) is 0 Å². The maximum absolute atomic E-state index is 12.0. The minimum absolute atomic E-state index is 0.315. The van der Waals surface area contributed by atoms with Crippen molar-refractivity contribution in [1.29, 1.82) is 0 Å². The molecule has 0 radical (unpaired) electrons. The Morgan fingerprint density at radius 2 is 1.75 bits per heavy atom. The van der Waals surface area contributed by atoms with Gasteiger partial charge in [0.1, 0.15) is 0 Å². The second-order valence-corrected chi connectivity index (χ2v) is 6.79. The molecule has 20 heavy (non-hydrogen) atoms. The molecule has 0 aromatic heterocycles. The summed E-state index contributed by atoms with van der Waals surface area (Å²) in [5.74, 6) is 0. The molecule has 0 heterocycles. The quantitative estimate of drug-likeness (QED) is 0.669. The Bertz CT molecular complexity index is 484. The second kappa shape index (κ2) is 8.36. The molecule has 0 spiro atoms. The predicted octanol–water partition coefficient (Wildman–Crippen LogP) is 1.03. The summed E-state index contributed by atoms with van der Waals surface area (Å²) in [5, 5.41) is 3.29. The molecule has 1 rings (SSSR count). The number of nitrogens with zero attached hydrogens (tertiary/aromatic N) is 1. The van der Waals surface area contributed by atoms with E-state index in [2.05, 4.69) is 17.0 Å². The van der Waals surface area contributed by atoms with Crippen molar-refractivity contribution in [3.63, 3.8) is 0 Å². The van der Waals surface area contributed by atoms with Crippen LogP contribution in [-0.4, -0.2) is 47.0 Å². The van der Waals surface area contributed by atoms with E-state index in [0.717, 1.165) is 25.1 Å². The number of likely N-dealkylation sites (N-methyl/N-ethyl adjacent to an activating group) is 1. The van der Waals surface area contributed by atoms with Gasteiger partial charge in [0.15, 0.2) is 0 Å². The van der Waals surface area contributed by atoms with Crippen LogP contribution in [0.4, 0.5) is 0 Å². The zero-order valence-electron chi connectivity index (χ0n) is 12.5. The normalized spacial score (nSPS) is 12.0. The zero-order valence-corrected chi connectivity index (χ0v) is 13.3. The summed E-state index contributed by atoms with van der Waals surface area (Å²) in [6.07, 6.45) is 1.09. The number of benzene rings is 1. The molecule has 5 nitrogen and oxygen atoms in total. The van der Waals surface area contributed by atoms with E-state index >= 15 is 0 Å². The lowest BCUT2D eigenvalue weighted by molar-refractivity contribution is 0.412. The van der Waals surface area contributed by atoms with Gasteiger partial charge in [0.2, 0.25) is 10.0 Å². The highest BCUT2D eigenvalue weighted by atomic mass is 32.2. The van der Waals surface area contributed by atoms with Crippen LogP contribution < -0.4 is 10.0 Å². The first kappa shape index (κ1) is 17.1. The van der Waals surface area contributed by atoms with Crippen LogP contribution in [0.5, 0.6) is 0 Å². The van der Waals surface area contributed by atoms with Crippen molar-refractivity contribution in [3.05, 3.63) is 29.8 Å². The summed E-state index contributed by atoms with van der Waals surface area (Å²) >= 11 is 0. The highest BCUT2D eigenvalue weighted by Crippen LogP contribution is 2.10. The summed E-state index contributed by atoms with van der Waals surface area (Å²) in [6, 6.07) is 7.01. The van der Waals surface area contributed by atoms with E-state index in [1.54, 1.807) is 12.1 Å². The summed E-state index contributed by atoms with van der Waals surface area (Å²) < 4.78 is 26.7. The maximum Gasteiger partial charge on any atom is 0.240 e. The molecule has 0 amide bonds. The Morgan fingerprint density at radius 1 is 1.10 bits per heavy atom. The minimum atomic E-state index is -3.39. The molecule has 0 aliphatic heterocycles. The van der Waals surface area contributed by atoms with Gasteiger partial charge in [-0.05, 0) is 44.8 Å². The number of sulfonamides is 1. The lowest BCUT2D eigenvalue weighted by atomic mass is 10.2. The van der Waals surface area contributed by atoms with E-state index in [-0.39, 0.29) is 0 Å². The minimum Gasteiger partial charge on any atom is -0.313 e. The van der Waals surface area contributed by atoms with Crippen LogP contribution in [0.2, 0.25) is 0 Å². The standard InChI is InChI=1S/C14H25N3O2S/c1-4-9-15-12-13-5-7-14(8-6-13)20(18,19)16-10-11-17(2)3/h5-8,15-16H,4,9-12H2,1-3H3. The summed E-state index contributed by atoms with van der Waals surface area (Å²) in [7, 11) is 0.423. The monoisotopic (exact) mass is 299 g/mol. The summed E-state index contributed by atoms with van der Waals surface area (Å²) in [4.78, 5) is 2.25. The fourth-order valence-corrected chi connectivity index (χ4v) is 2.70.